The maximum Gasteiger partial charge on any atom is 0.322 e. The highest BCUT2D eigenvalue weighted by atomic mass is 16.5. The molecule has 0 aliphatic carbocycles. The van der Waals surface area contributed by atoms with Gasteiger partial charge < -0.3 is 20.7 Å². The number of nitrogens with one attached hydrogen (secondary N) is 3. The Labute approximate surface area is 135 Å². The summed E-state index contributed by atoms with van der Waals surface area (Å²) in [5.41, 5.74) is 1.16. The quantitative estimate of drug-likeness (QED) is 0.763. The number of benzene rings is 1. The molecule has 2 fully saturated rings. The summed E-state index contributed by atoms with van der Waals surface area (Å²) in [6, 6.07) is 5.15. The maximum absolute atomic E-state index is 12.5. The van der Waals surface area contributed by atoms with Crippen LogP contribution in [0.25, 0.3) is 0 Å². The van der Waals surface area contributed by atoms with Crippen LogP contribution in [0.3, 0.4) is 0 Å². The molecule has 2 heterocycles. The number of hydrogen-bond donors (Lipinski definition) is 3. The summed E-state index contributed by atoms with van der Waals surface area (Å²) >= 11 is 0. The normalized spacial score (nSPS) is 21.0. The molecule has 1 aromatic rings. The first kappa shape index (κ1) is 15.6. The van der Waals surface area contributed by atoms with E-state index in [-0.39, 0.29) is 18.0 Å². The third-order valence-electron chi connectivity index (χ3n) is 4.22. The molecule has 2 aliphatic heterocycles. The first-order valence-electron chi connectivity index (χ1n) is 7.94. The van der Waals surface area contributed by atoms with Crippen LogP contribution in [0, 0.1) is 0 Å². The van der Waals surface area contributed by atoms with Gasteiger partial charge in [-0.2, -0.15) is 0 Å². The molecule has 0 saturated carbocycles. The highest BCUT2D eigenvalue weighted by molar-refractivity contribution is 6.00. The molecular formula is C16H22N4O3. The van der Waals surface area contributed by atoms with E-state index in [0.29, 0.717) is 30.1 Å². The summed E-state index contributed by atoms with van der Waals surface area (Å²) in [7, 11) is 1.56. The summed E-state index contributed by atoms with van der Waals surface area (Å²) < 4.78 is 5.33. The Balaban J connectivity index is 1.79. The van der Waals surface area contributed by atoms with E-state index in [4.69, 9.17) is 4.74 Å². The zero-order chi connectivity index (χ0) is 16.2. The smallest absolute Gasteiger partial charge is 0.322 e. The van der Waals surface area contributed by atoms with Crippen molar-refractivity contribution in [3.05, 3.63) is 23.8 Å². The lowest BCUT2D eigenvalue weighted by Gasteiger charge is -2.24. The molecule has 1 unspecified atom stereocenters. The van der Waals surface area contributed by atoms with Crippen LogP contribution >= 0.6 is 0 Å². The van der Waals surface area contributed by atoms with Crippen LogP contribution in [-0.4, -0.2) is 51.3 Å². The Hall–Kier alpha value is -2.28. The van der Waals surface area contributed by atoms with E-state index < -0.39 is 0 Å². The van der Waals surface area contributed by atoms with Crippen molar-refractivity contribution in [1.82, 2.24) is 16.0 Å². The van der Waals surface area contributed by atoms with Crippen molar-refractivity contribution in [2.24, 2.45) is 0 Å². The summed E-state index contributed by atoms with van der Waals surface area (Å²) in [6.45, 7) is 2.95. The van der Waals surface area contributed by atoms with Crippen molar-refractivity contribution in [2.45, 2.75) is 18.9 Å². The monoisotopic (exact) mass is 318 g/mol. The van der Waals surface area contributed by atoms with Crippen LogP contribution in [0.4, 0.5) is 10.5 Å². The molecule has 2 aliphatic rings. The summed E-state index contributed by atoms with van der Waals surface area (Å²) in [5.74, 6) is 0.458. The number of amides is 3. The molecule has 1 aromatic carbocycles. The fourth-order valence-corrected chi connectivity index (χ4v) is 2.99. The number of urea groups is 1. The van der Waals surface area contributed by atoms with Gasteiger partial charge in [-0.1, -0.05) is 0 Å². The summed E-state index contributed by atoms with van der Waals surface area (Å²) in [5, 5.41) is 9.07. The second-order valence-corrected chi connectivity index (χ2v) is 5.79. The van der Waals surface area contributed by atoms with E-state index in [2.05, 4.69) is 16.0 Å². The topological polar surface area (TPSA) is 82.7 Å². The molecule has 0 bridgehead atoms. The van der Waals surface area contributed by atoms with Crippen molar-refractivity contribution in [2.75, 3.05) is 38.2 Å². The highest BCUT2D eigenvalue weighted by Crippen LogP contribution is 2.30. The number of carbonyl (C=O) groups excluding carboxylic acids is 2. The molecule has 0 radical (unpaired) electrons. The predicted molar refractivity (Wildman–Crippen MR) is 87.1 cm³/mol. The number of anilines is 1. The van der Waals surface area contributed by atoms with E-state index in [9.17, 15) is 9.59 Å². The highest BCUT2D eigenvalue weighted by Gasteiger charge is 2.25. The molecule has 3 amide bonds. The van der Waals surface area contributed by atoms with E-state index in [1.165, 1.54) is 0 Å². The molecule has 2 saturated heterocycles. The van der Waals surface area contributed by atoms with E-state index in [1.54, 1.807) is 30.2 Å². The van der Waals surface area contributed by atoms with Gasteiger partial charge in [0.15, 0.2) is 0 Å². The molecule has 3 rings (SSSR count). The Morgan fingerprint density at radius 1 is 1.39 bits per heavy atom. The minimum Gasteiger partial charge on any atom is -0.495 e. The molecule has 1 atom stereocenters. The van der Waals surface area contributed by atoms with Gasteiger partial charge in [0, 0.05) is 31.2 Å². The second kappa shape index (κ2) is 6.87. The van der Waals surface area contributed by atoms with Crippen LogP contribution < -0.4 is 25.6 Å². The van der Waals surface area contributed by atoms with E-state index in [1.807, 2.05) is 0 Å². The van der Waals surface area contributed by atoms with Crippen LogP contribution in [-0.2, 0) is 0 Å². The van der Waals surface area contributed by atoms with Gasteiger partial charge in [-0.15, -0.1) is 0 Å². The van der Waals surface area contributed by atoms with Crippen molar-refractivity contribution < 1.29 is 14.3 Å². The molecule has 124 valence electrons. The number of piperidine rings is 1. The Morgan fingerprint density at radius 2 is 2.26 bits per heavy atom. The van der Waals surface area contributed by atoms with Gasteiger partial charge in [0.05, 0.1) is 12.8 Å². The maximum atomic E-state index is 12.5. The second-order valence-electron chi connectivity index (χ2n) is 5.79. The van der Waals surface area contributed by atoms with Crippen molar-refractivity contribution >= 4 is 17.6 Å². The molecular weight excluding hydrogens is 296 g/mol. The van der Waals surface area contributed by atoms with Gasteiger partial charge in [-0.05, 0) is 37.6 Å². The van der Waals surface area contributed by atoms with Crippen LogP contribution in [0.15, 0.2) is 18.2 Å². The SMILES string of the molecule is COc1ccc(C(=O)NC2CCCNC2)cc1N1CCNC1=O. The lowest BCUT2D eigenvalue weighted by molar-refractivity contribution is 0.0930. The van der Waals surface area contributed by atoms with Gasteiger partial charge >= 0.3 is 6.03 Å². The number of hydrogen-bond acceptors (Lipinski definition) is 4. The third-order valence-corrected chi connectivity index (χ3v) is 4.22. The Bertz CT molecular complexity index is 599. The third kappa shape index (κ3) is 3.39. The first-order valence-corrected chi connectivity index (χ1v) is 7.94. The van der Waals surface area contributed by atoms with Gasteiger partial charge in [-0.25, -0.2) is 4.79 Å². The average Bonchev–Trinajstić information content (AvgIpc) is 3.01. The zero-order valence-electron chi connectivity index (χ0n) is 13.2. The van der Waals surface area contributed by atoms with E-state index >= 15 is 0 Å². The molecule has 0 spiro atoms. The van der Waals surface area contributed by atoms with Crippen molar-refractivity contribution in [3.8, 4) is 5.75 Å². The molecule has 3 N–H and O–H groups in total. The van der Waals surface area contributed by atoms with Crippen molar-refractivity contribution in [3.63, 3.8) is 0 Å². The molecule has 0 aromatic heterocycles. The largest absolute Gasteiger partial charge is 0.495 e. The zero-order valence-corrected chi connectivity index (χ0v) is 13.2. The average molecular weight is 318 g/mol. The van der Waals surface area contributed by atoms with E-state index in [0.717, 1.165) is 25.9 Å². The molecule has 7 nitrogen and oxygen atoms in total. The lowest BCUT2D eigenvalue weighted by Crippen LogP contribution is -2.45. The minimum absolute atomic E-state index is 0.123. The summed E-state index contributed by atoms with van der Waals surface area (Å²) in [6.07, 6.45) is 2.04. The van der Waals surface area contributed by atoms with Gasteiger partial charge in [0.2, 0.25) is 0 Å². The fourth-order valence-electron chi connectivity index (χ4n) is 2.99. The first-order chi connectivity index (χ1) is 11.2. The standard InChI is InChI=1S/C16H22N4O3/c1-23-14-5-4-11(9-13(14)20-8-7-18-16(20)22)15(21)19-12-3-2-6-17-10-12/h4-5,9,12,17H,2-3,6-8,10H2,1H3,(H,18,22)(H,19,21). The fraction of sp³-hybridized carbons (Fsp3) is 0.500. The number of rotatable bonds is 4. The van der Waals surface area contributed by atoms with Crippen molar-refractivity contribution in [1.29, 1.82) is 0 Å². The van der Waals surface area contributed by atoms with Crippen LogP contribution in [0.2, 0.25) is 0 Å². The van der Waals surface area contributed by atoms with Crippen LogP contribution in [0.1, 0.15) is 23.2 Å². The van der Waals surface area contributed by atoms with Gasteiger partial charge in [0.25, 0.3) is 5.91 Å². The number of ether oxygens (including phenoxy) is 1. The van der Waals surface area contributed by atoms with Gasteiger partial charge in [0.1, 0.15) is 5.75 Å². The molecule has 23 heavy (non-hydrogen) atoms. The minimum atomic E-state index is -0.169. The number of methoxy groups -OCH3 is 1. The summed E-state index contributed by atoms with van der Waals surface area (Å²) in [4.78, 5) is 25.9. The number of carbonyl (C=O) groups is 2. The predicted octanol–water partition coefficient (Wildman–Crippen LogP) is 0.707. The Kier molecular flexibility index (Phi) is 4.66. The Morgan fingerprint density at radius 3 is 2.91 bits per heavy atom. The van der Waals surface area contributed by atoms with Gasteiger partial charge in [-0.3, -0.25) is 9.69 Å². The molecule has 7 heteroatoms. The van der Waals surface area contributed by atoms with Crippen LogP contribution in [0.5, 0.6) is 5.75 Å². The number of nitrogens with zero attached hydrogens (tertiary/aromatic N) is 1. The lowest BCUT2D eigenvalue weighted by atomic mass is 10.1.